The van der Waals surface area contributed by atoms with Gasteiger partial charge < -0.3 is 9.47 Å². The molecular weight excluding hydrogens is 314 g/mol. The Morgan fingerprint density at radius 3 is 2.56 bits per heavy atom. The molecule has 2 aromatic carbocycles. The Morgan fingerprint density at radius 1 is 0.880 bits per heavy atom. The van der Waals surface area contributed by atoms with Crippen LogP contribution in [0.5, 0.6) is 11.5 Å². The van der Waals surface area contributed by atoms with E-state index in [0.29, 0.717) is 11.5 Å². The molecule has 2 aromatic heterocycles. The normalized spacial score (nSPS) is 10.8. The van der Waals surface area contributed by atoms with Crippen LogP contribution in [0.4, 0.5) is 0 Å². The smallest absolute Gasteiger partial charge is 0.161 e. The zero-order valence-corrected chi connectivity index (χ0v) is 14.0. The number of pyridine rings is 1. The van der Waals surface area contributed by atoms with Gasteiger partial charge in [0.25, 0.3) is 0 Å². The predicted molar refractivity (Wildman–Crippen MR) is 97.9 cm³/mol. The summed E-state index contributed by atoms with van der Waals surface area (Å²) in [4.78, 5) is 4.60. The lowest BCUT2D eigenvalue weighted by Crippen LogP contribution is -1.93. The van der Waals surface area contributed by atoms with Crippen LogP contribution < -0.4 is 9.47 Å². The Labute approximate surface area is 145 Å². The maximum absolute atomic E-state index is 5.43. The minimum Gasteiger partial charge on any atom is -0.493 e. The third kappa shape index (κ3) is 2.70. The summed E-state index contributed by atoms with van der Waals surface area (Å²) in [6.07, 6.45) is 3.62. The van der Waals surface area contributed by atoms with Crippen molar-refractivity contribution >= 4 is 10.9 Å². The van der Waals surface area contributed by atoms with Crippen molar-refractivity contribution in [2.24, 2.45) is 0 Å². The summed E-state index contributed by atoms with van der Waals surface area (Å²) in [6, 6.07) is 16.1. The van der Waals surface area contributed by atoms with Crippen molar-refractivity contribution in [2.45, 2.75) is 0 Å². The number of ether oxygens (including phenoxy) is 2. The molecule has 0 radical (unpaired) electrons. The quantitative estimate of drug-likeness (QED) is 0.605. The summed E-state index contributed by atoms with van der Waals surface area (Å²) in [5, 5.41) is 8.13. The van der Waals surface area contributed by atoms with Crippen molar-refractivity contribution in [3.63, 3.8) is 0 Å². The Hall–Kier alpha value is -3.34. The lowest BCUT2D eigenvalue weighted by atomic mass is 9.98. The Bertz CT molecular complexity index is 1040. The number of nitrogens with one attached hydrogen (secondary N) is 1. The number of hydrogen-bond acceptors (Lipinski definition) is 4. The lowest BCUT2D eigenvalue weighted by molar-refractivity contribution is 0.355. The summed E-state index contributed by atoms with van der Waals surface area (Å²) in [5.74, 6) is 1.38. The first-order chi connectivity index (χ1) is 12.3. The van der Waals surface area contributed by atoms with Gasteiger partial charge in [0, 0.05) is 22.7 Å². The summed E-state index contributed by atoms with van der Waals surface area (Å²) >= 11 is 0. The van der Waals surface area contributed by atoms with Gasteiger partial charge in [-0.25, -0.2) is 0 Å². The molecule has 0 spiro atoms. The van der Waals surface area contributed by atoms with Crippen molar-refractivity contribution < 1.29 is 9.47 Å². The summed E-state index contributed by atoms with van der Waals surface area (Å²) < 4.78 is 10.8. The minimum atomic E-state index is 0.682. The van der Waals surface area contributed by atoms with Crippen molar-refractivity contribution in [1.29, 1.82) is 0 Å². The van der Waals surface area contributed by atoms with Gasteiger partial charge in [-0.15, -0.1) is 0 Å². The monoisotopic (exact) mass is 331 g/mol. The Morgan fingerprint density at radius 2 is 1.72 bits per heavy atom. The summed E-state index contributed by atoms with van der Waals surface area (Å²) in [6.45, 7) is 0. The molecule has 5 heteroatoms. The first kappa shape index (κ1) is 15.2. The van der Waals surface area contributed by atoms with Crippen molar-refractivity contribution in [1.82, 2.24) is 15.2 Å². The van der Waals surface area contributed by atoms with E-state index < -0.39 is 0 Å². The number of fused-ring (bicyclic) bond motifs is 1. The molecule has 0 atom stereocenters. The summed E-state index contributed by atoms with van der Waals surface area (Å²) in [5.41, 5.74) is 5.02. The van der Waals surface area contributed by atoms with E-state index in [4.69, 9.17) is 9.47 Å². The number of rotatable bonds is 4. The first-order valence-electron chi connectivity index (χ1n) is 7.91. The van der Waals surface area contributed by atoms with E-state index >= 15 is 0 Å². The zero-order chi connectivity index (χ0) is 17.2. The zero-order valence-electron chi connectivity index (χ0n) is 14.0. The van der Waals surface area contributed by atoms with E-state index in [0.717, 1.165) is 33.3 Å². The topological polar surface area (TPSA) is 60.0 Å². The fourth-order valence-corrected chi connectivity index (χ4v) is 2.96. The number of hydrogen-bond donors (Lipinski definition) is 1. The molecule has 0 aliphatic carbocycles. The van der Waals surface area contributed by atoms with E-state index in [-0.39, 0.29) is 0 Å². The van der Waals surface area contributed by atoms with Gasteiger partial charge in [-0.3, -0.25) is 10.1 Å². The molecule has 25 heavy (non-hydrogen) atoms. The van der Waals surface area contributed by atoms with Crippen LogP contribution in [0.25, 0.3) is 33.3 Å². The predicted octanol–water partition coefficient (Wildman–Crippen LogP) is 4.31. The van der Waals surface area contributed by atoms with E-state index in [9.17, 15) is 0 Å². The molecule has 0 amide bonds. The third-order valence-corrected chi connectivity index (χ3v) is 4.22. The number of aromatic amines is 1. The lowest BCUT2D eigenvalue weighted by Gasteiger charge is -2.12. The number of methoxy groups -OCH3 is 2. The van der Waals surface area contributed by atoms with Crippen LogP contribution in [-0.2, 0) is 0 Å². The fraction of sp³-hybridized carbons (Fsp3) is 0.100. The van der Waals surface area contributed by atoms with Crippen LogP contribution in [0.1, 0.15) is 0 Å². The molecular formula is C20H17N3O2. The van der Waals surface area contributed by atoms with Crippen LogP contribution in [0, 0.1) is 0 Å². The molecule has 0 fully saturated rings. The molecule has 124 valence electrons. The fourth-order valence-electron chi connectivity index (χ4n) is 2.96. The Balaban J connectivity index is 1.86. The molecule has 0 aliphatic heterocycles. The second kappa shape index (κ2) is 6.28. The average molecular weight is 331 g/mol. The van der Waals surface area contributed by atoms with Crippen LogP contribution in [0.2, 0.25) is 0 Å². The molecule has 4 rings (SSSR count). The molecule has 2 heterocycles. The molecule has 0 saturated carbocycles. The van der Waals surface area contributed by atoms with Crippen LogP contribution in [0.15, 0.2) is 60.9 Å². The number of aromatic nitrogens is 3. The van der Waals surface area contributed by atoms with E-state index in [1.165, 1.54) is 0 Å². The highest BCUT2D eigenvalue weighted by molar-refractivity contribution is 5.88. The van der Waals surface area contributed by atoms with Crippen molar-refractivity contribution in [2.75, 3.05) is 14.2 Å². The molecule has 0 bridgehead atoms. The first-order valence-corrected chi connectivity index (χ1v) is 7.91. The highest BCUT2D eigenvalue weighted by atomic mass is 16.5. The molecule has 1 N–H and O–H groups in total. The number of nitrogens with zero attached hydrogens (tertiary/aromatic N) is 2. The summed E-state index contributed by atoms with van der Waals surface area (Å²) in [7, 11) is 3.26. The second-order valence-electron chi connectivity index (χ2n) is 5.64. The highest BCUT2D eigenvalue weighted by Crippen LogP contribution is 2.36. The van der Waals surface area contributed by atoms with Gasteiger partial charge in [-0.05, 0) is 42.0 Å². The average Bonchev–Trinajstić information content (AvgIpc) is 3.15. The van der Waals surface area contributed by atoms with Crippen LogP contribution >= 0.6 is 0 Å². The van der Waals surface area contributed by atoms with Gasteiger partial charge in [-0.2, -0.15) is 5.10 Å². The van der Waals surface area contributed by atoms with Crippen LogP contribution in [0.3, 0.4) is 0 Å². The van der Waals surface area contributed by atoms with Crippen LogP contribution in [-0.4, -0.2) is 29.4 Å². The molecule has 5 nitrogen and oxygen atoms in total. The van der Waals surface area contributed by atoms with Crippen molar-refractivity contribution in [3.05, 3.63) is 60.9 Å². The standard InChI is InChI=1S/C20H17N3O2/c1-24-18-8-6-14(11-19(18)25-2)20-16(4-3-9-21-20)13-5-7-17-15(10-13)12-22-23-17/h3-12H,1-2H3,(H,22,23). The third-order valence-electron chi connectivity index (χ3n) is 4.22. The number of benzene rings is 2. The molecule has 4 aromatic rings. The van der Waals surface area contributed by atoms with E-state index in [1.54, 1.807) is 20.4 Å². The maximum atomic E-state index is 5.43. The molecule has 0 aliphatic rings. The minimum absolute atomic E-state index is 0.682. The second-order valence-corrected chi connectivity index (χ2v) is 5.64. The Kier molecular flexibility index (Phi) is 3.82. The molecule has 0 saturated heterocycles. The SMILES string of the molecule is COc1ccc(-c2ncccc2-c2ccc3[nH]ncc3c2)cc1OC. The van der Waals surface area contributed by atoms with Crippen molar-refractivity contribution in [3.8, 4) is 33.9 Å². The van der Waals surface area contributed by atoms with Gasteiger partial charge in [0.2, 0.25) is 0 Å². The van der Waals surface area contributed by atoms with Gasteiger partial charge in [0.1, 0.15) is 0 Å². The van der Waals surface area contributed by atoms with E-state index in [1.807, 2.05) is 36.5 Å². The maximum Gasteiger partial charge on any atom is 0.161 e. The largest absolute Gasteiger partial charge is 0.493 e. The molecule has 0 unspecified atom stereocenters. The van der Waals surface area contributed by atoms with E-state index in [2.05, 4.69) is 33.4 Å². The van der Waals surface area contributed by atoms with Gasteiger partial charge in [0.05, 0.1) is 31.6 Å². The van der Waals surface area contributed by atoms with Gasteiger partial charge >= 0.3 is 0 Å². The van der Waals surface area contributed by atoms with Gasteiger partial charge in [-0.1, -0.05) is 12.1 Å². The number of H-pyrrole nitrogens is 1. The highest BCUT2D eigenvalue weighted by Gasteiger charge is 2.12. The van der Waals surface area contributed by atoms with Gasteiger partial charge in [0.15, 0.2) is 11.5 Å².